The van der Waals surface area contributed by atoms with Crippen molar-refractivity contribution in [1.29, 1.82) is 0 Å². The molecule has 0 spiro atoms. The second kappa shape index (κ2) is 7.31. The molecule has 0 aliphatic heterocycles. The van der Waals surface area contributed by atoms with Gasteiger partial charge in [-0.05, 0) is 48.9 Å². The Morgan fingerprint density at radius 2 is 2.11 bits per heavy atom. The summed E-state index contributed by atoms with van der Waals surface area (Å²) in [6.45, 7) is 2.26. The zero-order valence-electron chi connectivity index (χ0n) is 16.2. The number of amides is 1. The van der Waals surface area contributed by atoms with Gasteiger partial charge in [0.25, 0.3) is 5.91 Å². The summed E-state index contributed by atoms with van der Waals surface area (Å²) in [7, 11) is 3.13. The molecule has 1 atom stereocenters. The summed E-state index contributed by atoms with van der Waals surface area (Å²) in [4.78, 5) is 19.0. The molecule has 146 valence electrons. The van der Waals surface area contributed by atoms with E-state index in [1.165, 1.54) is 16.9 Å². The lowest BCUT2D eigenvalue weighted by atomic mass is 9.87. The molecular formula is C21H23N3O3S. The molecule has 0 radical (unpaired) electrons. The van der Waals surface area contributed by atoms with Crippen LogP contribution in [0.2, 0.25) is 0 Å². The smallest absolute Gasteiger partial charge is 0.268 e. The zero-order chi connectivity index (χ0) is 19.8. The Bertz CT molecular complexity index is 1060. The number of aryl methyl sites for hydroxylation is 1. The van der Waals surface area contributed by atoms with Crippen molar-refractivity contribution in [3.63, 3.8) is 0 Å². The lowest BCUT2D eigenvalue weighted by molar-refractivity contribution is 0.103. The molecular weight excluding hydrogens is 374 g/mol. The van der Waals surface area contributed by atoms with E-state index in [0.717, 1.165) is 35.2 Å². The molecule has 1 aliphatic carbocycles. The van der Waals surface area contributed by atoms with Gasteiger partial charge in [0, 0.05) is 17.1 Å². The van der Waals surface area contributed by atoms with Gasteiger partial charge in [0.1, 0.15) is 21.2 Å². The monoisotopic (exact) mass is 397 g/mol. The summed E-state index contributed by atoms with van der Waals surface area (Å²) < 4.78 is 10.6. The number of hydrogen-bond acceptors (Lipinski definition) is 6. The average Bonchev–Trinajstić information content (AvgIpc) is 3.02. The normalized spacial score (nSPS) is 15.9. The molecule has 3 aromatic rings. The fourth-order valence-corrected chi connectivity index (χ4v) is 4.61. The van der Waals surface area contributed by atoms with Gasteiger partial charge < -0.3 is 20.5 Å². The number of nitrogens with zero attached hydrogens (tertiary/aromatic N) is 1. The van der Waals surface area contributed by atoms with Crippen LogP contribution in [0.5, 0.6) is 11.5 Å². The van der Waals surface area contributed by atoms with Gasteiger partial charge in [0.2, 0.25) is 0 Å². The van der Waals surface area contributed by atoms with Gasteiger partial charge in [0.15, 0.2) is 0 Å². The van der Waals surface area contributed by atoms with Gasteiger partial charge in [-0.3, -0.25) is 4.79 Å². The second-order valence-corrected chi connectivity index (χ2v) is 8.16. The standard InChI is InChI=1S/C21H23N3O3S/c1-11-4-6-15-12(8-11)9-14-18(22)19(28-21(14)24-15)20(25)23-16-7-5-13(26-2)10-17(16)27-3/h5,7,9-11H,4,6,8,22H2,1-3H3,(H,23,25)/t11-/m1/s1. The van der Waals surface area contributed by atoms with Crippen LogP contribution >= 0.6 is 11.3 Å². The molecule has 6 nitrogen and oxygen atoms in total. The Kier molecular flexibility index (Phi) is 4.85. The van der Waals surface area contributed by atoms with E-state index >= 15 is 0 Å². The van der Waals surface area contributed by atoms with Gasteiger partial charge in [-0.25, -0.2) is 4.98 Å². The summed E-state index contributed by atoms with van der Waals surface area (Å²) in [5.41, 5.74) is 9.77. The van der Waals surface area contributed by atoms with E-state index in [9.17, 15) is 4.79 Å². The molecule has 1 aliphatic rings. The number of ether oxygens (including phenoxy) is 2. The number of carbonyl (C=O) groups is 1. The molecule has 2 heterocycles. The largest absolute Gasteiger partial charge is 0.497 e. The molecule has 1 aromatic carbocycles. The lowest BCUT2D eigenvalue weighted by Gasteiger charge is -2.20. The Labute approximate surface area is 167 Å². The van der Waals surface area contributed by atoms with Crippen LogP contribution in [-0.4, -0.2) is 25.1 Å². The predicted octanol–water partition coefficient (Wildman–Crippen LogP) is 4.27. The van der Waals surface area contributed by atoms with Crippen molar-refractivity contribution in [3.05, 3.63) is 40.4 Å². The minimum Gasteiger partial charge on any atom is -0.497 e. The van der Waals surface area contributed by atoms with Gasteiger partial charge in [-0.1, -0.05) is 6.92 Å². The Morgan fingerprint density at radius 1 is 1.29 bits per heavy atom. The van der Waals surface area contributed by atoms with Gasteiger partial charge in [0.05, 0.1) is 25.6 Å². The number of anilines is 2. The molecule has 0 saturated carbocycles. The number of fused-ring (bicyclic) bond motifs is 2. The molecule has 4 rings (SSSR count). The van der Waals surface area contributed by atoms with E-state index in [1.54, 1.807) is 32.4 Å². The highest BCUT2D eigenvalue weighted by Crippen LogP contribution is 2.37. The lowest BCUT2D eigenvalue weighted by Crippen LogP contribution is -2.13. The first-order valence-electron chi connectivity index (χ1n) is 9.24. The van der Waals surface area contributed by atoms with Crippen LogP contribution in [-0.2, 0) is 12.8 Å². The topological polar surface area (TPSA) is 86.5 Å². The summed E-state index contributed by atoms with van der Waals surface area (Å²) >= 11 is 1.33. The molecule has 28 heavy (non-hydrogen) atoms. The van der Waals surface area contributed by atoms with Crippen LogP contribution in [0, 0.1) is 5.92 Å². The predicted molar refractivity (Wildman–Crippen MR) is 113 cm³/mol. The zero-order valence-corrected chi connectivity index (χ0v) is 17.0. The third kappa shape index (κ3) is 3.26. The van der Waals surface area contributed by atoms with Crippen LogP contribution in [0.25, 0.3) is 10.2 Å². The van der Waals surface area contributed by atoms with Crippen molar-refractivity contribution in [3.8, 4) is 11.5 Å². The van der Waals surface area contributed by atoms with Crippen molar-refractivity contribution >= 4 is 38.8 Å². The van der Waals surface area contributed by atoms with Crippen molar-refractivity contribution in [2.45, 2.75) is 26.2 Å². The van der Waals surface area contributed by atoms with Crippen molar-refractivity contribution in [2.24, 2.45) is 5.92 Å². The maximum atomic E-state index is 12.9. The number of rotatable bonds is 4. The second-order valence-electron chi connectivity index (χ2n) is 7.16. The minimum absolute atomic E-state index is 0.268. The van der Waals surface area contributed by atoms with Crippen LogP contribution in [0.1, 0.15) is 34.3 Å². The Hall–Kier alpha value is -2.80. The molecule has 1 amide bonds. The van der Waals surface area contributed by atoms with Crippen LogP contribution < -0.4 is 20.5 Å². The third-order valence-corrected chi connectivity index (χ3v) is 6.31. The molecule has 0 saturated heterocycles. The van der Waals surface area contributed by atoms with Gasteiger partial charge in [-0.2, -0.15) is 0 Å². The van der Waals surface area contributed by atoms with E-state index in [1.807, 2.05) is 0 Å². The van der Waals surface area contributed by atoms with Crippen molar-refractivity contribution in [1.82, 2.24) is 4.98 Å². The van der Waals surface area contributed by atoms with Crippen LogP contribution in [0.15, 0.2) is 24.3 Å². The first-order chi connectivity index (χ1) is 13.5. The minimum atomic E-state index is -0.268. The number of nitrogens with two attached hydrogens (primary N) is 1. The quantitative estimate of drug-likeness (QED) is 0.686. The number of carbonyl (C=O) groups excluding carboxylic acids is 1. The molecule has 3 N–H and O–H groups in total. The summed E-state index contributed by atoms with van der Waals surface area (Å²) in [5, 5.41) is 3.76. The molecule has 0 bridgehead atoms. The summed E-state index contributed by atoms with van der Waals surface area (Å²) in [6, 6.07) is 7.35. The van der Waals surface area contributed by atoms with Gasteiger partial charge >= 0.3 is 0 Å². The van der Waals surface area contributed by atoms with Crippen LogP contribution in [0.3, 0.4) is 0 Å². The molecule has 7 heteroatoms. The fourth-order valence-electron chi connectivity index (χ4n) is 3.62. The number of pyridine rings is 1. The van der Waals surface area contributed by atoms with Crippen LogP contribution in [0.4, 0.5) is 11.4 Å². The Morgan fingerprint density at radius 3 is 2.86 bits per heavy atom. The van der Waals surface area contributed by atoms with Crippen molar-refractivity contribution < 1.29 is 14.3 Å². The van der Waals surface area contributed by atoms with E-state index in [4.69, 9.17) is 20.2 Å². The van der Waals surface area contributed by atoms with E-state index in [0.29, 0.717) is 33.7 Å². The molecule has 2 aromatic heterocycles. The number of aromatic nitrogens is 1. The molecule has 0 unspecified atom stereocenters. The number of nitrogen functional groups attached to an aromatic ring is 1. The number of hydrogen-bond donors (Lipinski definition) is 2. The highest BCUT2D eigenvalue weighted by Gasteiger charge is 2.23. The number of methoxy groups -OCH3 is 2. The van der Waals surface area contributed by atoms with E-state index in [-0.39, 0.29) is 5.91 Å². The SMILES string of the molecule is COc1ccc(NC(=O)c2sc3nc4c(cc3c2N)C[C@H](C)CC4)c(OC)c1. The highest BCUT2D eigenvalue weighted by atomic mass is 32.1. The summed E-state index contributed by atoms with van der Waals surface area (Å²) in [6.07, 6.45) is 3.14. The number of thiophene rings is 1. The van der Waals surface area contributed by atoms with E-state index in [2.05, 4.69) is 18.3 Å². The molecule has 0 fully saturated rings. The fraction of sp³-hybridized carbons (Fsp3) is 0.333. The van der Waals surface area contributed by atoms with Gasteiger partial charge in [-0.15, -0.1) is 11.3 Å². The highest BCUT2D eigenvalue weighted by molar-refractivity contribution is 7.21. The van der Waals surface area contributed by atoms with E-state index < -0.39 is 0 Å². The number of benzene rings is 1. The maximum Gasteiger partial charge on any atom is 0.268 e. The first-order valence-corrected chi connectivity index (χ1v) is 10.1. The maximum absolute atomic E-state index is 12.9. The first kappa shape index (κ1) is 18.6. The summed E-state index contributed by atoms with van der Waals surface area (Å²) in [5.74, 6) is 1.56. The number of nitrogens with one attached hydrogen (secondary N) is 1. The Balaban J connectivity index is 1.67. The third-order valence-electron chi connectivity index (χ3n) is 5.20. The average molecular weight is 398 g/mol. The van der Waals surface area contributed by atoms with Crippen molar-refractivity contribution in [2.75, 3.05) is 25.3 Å².